The number of benzene rings is 2. The number of hydrogen-bond acceptors (Lipinski definition) is 6. The molecule has 0 bridgehead atoms. The van der Waals surface area contributed by atoms with Crippen LogP contribution in [0.3, 0.4) is 0 Å². The van der Waals surface area contributed by atoms with Crippen molar-refractivity contribution in [2.75, 3.05) is 19.0 Å². The maximum atomic E-state index is 13.7. The van der Waals surface area contributed by atoms with Gasteiger partial charge in [0.25, 0.3) is 5.91 Å². The summed E-state index contributed by atoms with van der Waals surface area (Å²) < 4.78 is 10.4. The number of anilines is 1. The molecular formula is C27H35N3O6. The molecular weight excluding hydrogens is 462 g/mol. The molecule has 2 aromatic rings. The van der Waals surface area contributed by atoms with Crippen LogP contribution in [-0.2, 0) is 14.3 Å². The Morgan fingerprint density at radius 2 is 1.78 bits per heavy atom. The van der Waals surface area contributed by atoms with Gasteiger partial charge in [-0.1, -0.05) is 18.2 Å². The first-order valence-corrected chi connectivity index (χ1v) is 12.0. The molecule has 0 radical (unpaired) electrons. The third kappa shape index (κ3) is 6.68. The van der Waals surface area contributed by atoms with E-state index in [9.17, 15) is 19.5 Å². The number of ether oxygens (including phenoxy) is 2. The summed E-state index contributed by atoms with van der Waals surface area (Å²) in [5, 5.41) is 16.2. The Bertz CT molecular complexity index is 1090. The monoisotopic (exact) mass is 497 g/mol. The maximum Gasteiger partial charge on any atom is 0.408 e. The molecule has 9 heteroatoms. The van der Waals surface area contributed by atoms with Crippen LogP contribution >= 0.6 is 0 Å². The summed E-state index contributed by atoms with van der Waals surface area (Å²) in [4.78, 5) is 40.8. The number of nitrogens with one attached hydrogen (secondary N) is 2. The van der Waals surface area contributed by atoms with Gasteiger partial charge in [0, 0.05) is 17.3 Å². The number of nitrogens with zero attached hydrogens (tertiary/aromatic N) is 1. The highest BCUT2D eigenvalue weighted by Gasteiger charge is 2.40. The Morgan fingerprint density at radius 1 is 1.11 bits per heavy atom. The van der Waals surface area contributed by atoms with Gasteiger partial charge in [-0.15, -0.1) is 0 Å². The Labute approximate surface area is 211 Å². The summed E-state index contributed by atoms with van der Waals surface area (Å²) in [6.07, 6.45) is 1.64. The minimum absolute atomic E-state index is 0.0513. The highest BCUT2D eigenvalue weighted by atomic mass is 16.6. The minimum Gasteiger partial charge on any atom is -0.507 e. The third-order valence-corrected chi connectivity index (χ3v) is 5.99. The number of carbonyl (C=O) groups excluding carboxylic acids is 3. The SMILES string of the molecule is COc1ccc(NC(=O)C(c2cccc(C)c2O)N(C(=O)CNC(=O)OC(C)(C)C)C2CCC2)cc1. The lowest BCUT2D eigenvalue weighted by atomic mass is 9.88. The van der Waals surface area contributed by atoms with E-state index in [4.69, 9.17) is 9.47 Å². The second-order valence-corrected chi connectivity index (χ2v) is 9.87. The molecule has 3 rings (SSSR count). The molecule has 0 saturated heterocycles. The van der Waals surface area contributed by atoms with Crippen molar-refractivity contribution in [3.8, 4) is 11.5 Å². The van der Waals surface area contributed by atoms with Crippen molar-refractivity contribution in [3.63, 3.8) is 0 Å². The van der Waals surface area contributed by atoms with Crippen LogP contribution in [0, 0.1) is 6.92 Å². The fourth-order valence-corrected chi connectivity index (χ4v) is 3.98. The van der Waals surface area contributed by atoms with Crippen molar-refractivity contribution in [2.24, 2.45) is 0 Å². The Hall–Kier alpha value is -3.75. The second-order valence-electron chi connectivity index (χ2n) is 9.87. The largest absolute Gasteiger partial charge is 0.507 e. The number of rotatable bonds is 8. The highest BCUT2D eigenvalue weighted by Crippen LogP contribution is 2.38. The molecule has 1 aliphatic rings. The molecule has 1 fully saturated rings. The van der Waals surface area contributed by atoms with Gasteiger partial charge in [0.2, 0.25) is 5.91 Å². The van der Waals surface area contributed by atoms with E-state index in [1.54, 1.807) is 77.3 Å². The molecule has 3 amide bonds. The van der Waals surface area contributed by atoms with Crippen molar-refractivity contribution in [1.82, 2.24) is 10.2 Å². The fourth-order valence-electron chi connectivity index (χ4n) is 3.98. The first-order valence-electron chi connectivity index (χ1n) is 12.0. The maximum absolute atomic E-state index is 13.7. The van der Waals surface area contributed by atoms with Gasteiger partial charge in [-0.2, -0.15) is 0 Å². The lowest BCUT2D eigenvalue weighted by molar-refractivity contribution is -0.143. The summed E-state index contributed by atoms with van der Waals surface area (Å²) in [6, 6.07) is 10.6. The van der Waals surface area contributed by atoms with Gasteiger partial charge >= 0.3 is 6.09 Å². The molecule has 0 heterocycles. The molecule has 194 valence electrons. The van der Waals surface area contributed by atoms with E-state index < -0.39 is 29.6 Å². The topological polar surface area (TPSA) is 117 Å². The van der Waals surface area contributed by atoms with Crippen LogP contribution in [0.25, 0.3) is 0 Å². The van der Waals surface area contributed by atoms with E-state index in [0.717, 1.165) is 19.3 Å². The average Bonchev–Trinajstić information content (AvgIpc) is 2.78. The molecule has 1 atom stereocenters. The first kappa shape index (κ1) is 26.8. The molecule has 3 N–H and O–H groups in total. The zero-order valence-corrected chi connectivity index (χ0v) is 21.5. The minimum atomic E-state index is -1.11. The lowest BCUT2D eigenvalue weighted by Gasteiger charge is -2.42. The molecule has 0 aromatic heterocycles. The van der Waals surface area contributed by atoms with E-state index in [2.05, 4.69) is 10.6 Å². The predicted molar refractivity (Wildman–Crippen MR) is 136 cm³/mol. The van der Waals surface area contributed by atoms with Crippen molar-refractivity contribution in [2.45, 2.75) is 64.6 Å². The van der Waals surface area contributed by atoms with E-state index in [1.807, 2.05) is 0 Å². The number of aromatic hydroxyl groups is 1. The van der Waals surface area contributed by atoms with Gasteiger partial charge in [0.1, 0.15) is 29.7 Å². The van der Waals surface area contributed by atoms with Crippen molar-refractivity contribution in [1.29, 1.82) is 0 Å². The highest BCUT2D eigenvalue weighted by molar-refractivity contribution is 5.99. The van der Waals surface area contributed by atoms with E-state index in [0.29, 0.717) is 22.6 Å². The van der Waals surface area contributed by atoms with Gasteiger partial charge in [0.15, 0.2) is 0 Å². The standard InChI is InChI=1S/C27H35N3O6/c1-17-8-6-11-21(24(17)32)23(25(33)29-18-12-14-20(35-5)15-13-18)30(19-9-7-10-19)22(31)16-28-26(34)36-27(2,3)4/h6,8,11-15,19,23,32H,7,9-10,16H2,1-5H3,(H,28,34)(H,29,33). The fraction of sp³-hybridized carbons (Fsp3) is 0.444. The number of aryl methyl sites for hydroxylation is 1. The van der Waals surface area contributed by atoms with Crippen LogP contribution in [0.1, 0.15) is 57.2 Å². The Balaban J connectivity index is 1.92. The number of hydrogen-bond donors (Lipinski definition) is 3. The molecule has 36 heavy (non-hydrogen) atoms. The Kier molecular flexibility index (Phi) is 8.45. The first-order chi connectivity index (χ1) is 17.0. The molecule has 2 aromatic carbocycles. The Morgan fingerprint density at radius 3 is 2.33 bits per heavy atom. The molecule has 9 nitrogen and oxygen atoms in total. The van der Waals surface area contributed by atoms with Crippen LogP contribution in [0.4, 0.5) is 10.5 Å². The normalized spacial score (nSPS) is 14.2. The average molecular weight is 498 g/mol. The molecule has 0 aliphatic heterocycles. The number of phenolic OH excluding ortho intramolecular Hbond substituents is 1. The zero-order valence-electron chi connectivity index (χ0n) is 21.5. The van der Waals surface area contributed by atoms with Crippen molar-refractivity contribution >= 4 is 23.6 Å². The van der Waals surface area contributed by atoms with Gasteiger partial charge in [0.05, 0.1) is 7.11 Å². The number of amides is 3. The van der Waals surface area contributed by atoms with Crippen LogP contribution in [0.2, 0.25) is 0 Å². The summed E-state index contributed by atoms with van der Waals surface area (Å²) in [7, 11) is 1.55. The van der Waals surface area contributed by atoms with E-state index >= 15 is 0 Å². The molecule has 1 saturated carbocycles. The van der Waals surface area contributed by atoms with Gasteiger partial charge in [-0.05, 0) is 76.8 Å². The summed E-state index contributed by atoms with van der Waals surface area (Å²) in [5.41, 5.74) is 0.710. The summed E-state index contributed by atoms with van der Waals surface area (Å²) in [5.74, 6) is -0.329. The van der Waals surface area contributed by atoms with Crippen LogP contribution in [-0.4, -0.2) is 53.2 Å². The number of para-hydroxylation sites is 1. The molecule has 1 aliphatic carbocycles. The van der Waals surface area contributed by atoms with E-state index in [-0.39, 0.29) is 18.3 Å². The van der Waals surface area contributed by atoms with Crippen molar-refractivity contribution in [3.05, 3.63) is 53.6 Å². The number of alkyl carbamates (subject to hydrolysis) is 1. The predicted octanol–water partition coefficient (Wildman–Crippen LogP) is 4.29. The van der Waals surface area contributed by atoms with Gasteiger partial charge < -0.3 is 30.1 Å². The summed E-state index contributed by atoms with van der Waals surface area (Å²) >= 11 is 0. The third-order valence-electron chi connectivity index (χ3n) is 5.99. The zero-order chi connectivity index (χ0) is 26.5. The van der Waals surface area contributed by atoms with Crippen LogP contribution < -0.4 is 15.4 Å². The lowest BCUT2D eigenvalue weighted by Crippen LogP contribution is -2.53. The van der Waals surface area contributed by atoms with E-state index in [1.165, 1.54) is 4.90 Å². The molecule has 0 spiro atoms. The second kappa shape index (κ2) is 11.3. The summed E-state index contributed by atoms with van der Waals surface area (Å²) in [6.45, 7) is 6.58. The number of methoxy groups -OCH3 is 1. The number of carbonyl (C=O) groups is 3. The van der Waals surface area contributed by atoms with Crippen LogP contribution in [0.15, 0.2) is 42.5 Å². The number of phenols is 1. The van der Waals surface area contributed by atoms with Gasteiger partial charge in [-0.25, -0.2) is 4.79 Å². The van der Waals surface area contributed by atoms with Gasteiger partial charge in [-0.3, -0.25) is 9.59 Å². The smallest absolute Gasteiger partial charge is 0.408 e. The quantitative estimate of drug-likeness (QED) is 0.501. The van der Waals surface area contributed by atoms with Crippen molar-refractivity contribution < 1.29 is 29.0 Å². The van der Waals surface area contributed by atoms with Crippen LogP contribution in [0.5, 0.6) is 11.5 Å². The molecule has 1 unspecified atom stereocenters.